The van der Waals surface area contributed by atoms with Crippen LogP contribution in [0.15, 0.2) is 0 Å². The first-order valence-electron chi connectivity index (χ1n) is 6.31. The van der Waals surface area contributed by atoms with Gasteiger partial charge in [0, 0.05) is 19.8 Å². The lowest BCUT2D eigenvalue weighted by Crippen LogP contribution is -2.33. The van der Waals surface area contributed by atoms with Crippen LogP contribution in [0.4, 0.5) is 0 Å². The molecular formula is C13H27NO. The summed E-state index contributed by atoms with van der Waals surface area (Å²) in [5, 5.41) is 3.32. The number of rotatable bonds is 8. The predicted molar refractivity (Wildman–Crippen MR) is 65.0 cm³/mol. The maximum absolute atomic E-state index is 5.69. The molecule has 1 rings (SSSR count). The van der Waals surface area contributed by atoms with Crippen LogP contribution in [0.25, 0.3) is 0 Å². The van der Waals surface area contributed by atoms with Crippen molar-refractivity contribution in [1.82, 2.24) is 5.32 Å². The number of hydrogen-bond acceptors (Lipinski definition) is 2. The van der Waals surface area contributed by atoms with Gasteiger partial charge < -0.3 is 10.1 Å². The maximum Gasteiger partial charge on any atom is 0.0488 e. The fourth-order valence-corrected chi connectivity index (χ4v) is 2.25. The van der Waals surface area contributed by atoms with Gasteiger partial charge in [0.2, 0.25) is 0 Å². The molecule has 15 heavy (non-hydrogen) atoms. The van der Waals surface area contributed by atoms with Crippen LogP contribution in [0.1, 0.15) is 40.0 Å². The van der Waals surface area contributed by atoms with Crippen molar-refractivity contribution in [2.75, 3.05) is 26.8 Å². The highest BCUT2D eigenvalue weighted by Gasteiger charge is 2.40. The van der Waals surface area contributed by atoms with E-state index in [1.54, 1.807) is 0 Å². The van der Waals surface area contributed by atoms with Gasteiger partial charge in [-0.25, -0.2) is 0 Å². The monoisotopic (exact) mass is 213 g/mol. The van der Waals surface area contributed by atoms with E-state index in [0.29, 0.717) is 11.3 Å². The normalized spacial score (nSPS) is 20.6. The van der Waals surface area contributed by atoms with Crippen molar-refractivity contribution in [2.45, 2.75) is 40.0 Å². The molecule has 2 heteroatoms. The van der Waals surface area contributed by atoms with Gasteiger partial charge in [0.25, 0.3) is 0 Å². The standard InChI is InChI=1S/C13H27NO/c1-11(2)9-15-8-7-13(3,10-14-4)12-5-6-12/h11-12,14H,5-10H2,1-4H3. The van der Waals surface area contributed by atoms with Crippen LogP contribution in [-0.2, 0) is 4.74 Å². The number of hydrogen-bond donors (Lipinski definition) is 1. The van der Waals surface area contributed by atoms with Crippen molar-refractivity contribution in [1.29, 1.82) is 0 Å². The Hall–Kier alpha value is -0.0800. The van der Waals surface area contributed by atoms with Gasteiger partial charge in [-0.3, -0.25) is 0 Å². The van der Waals surface area contributed by atoms with E-state index in [9.17, 15) is 0 Å². The molecular weight excluding hydrogens is 186 g/mol. The predicted octanol–water partition coefficient (Wildman–Crippen LogP) is 2.68. The van der Waals surface area contributed by atoms with Crippen LogP contribution in [-0.4, -0.2) is 26.8 Å². The summed E-state index contributed by atoms with van der Waals surface area (Å²) in [6, 6.07) is 0. The molecule has 0 aromatic rings. The van der Waals surface area contributed by atoms with Crippen LogP contribution in [0, 0.1) is 17.3 Å². The SMILES string of the molecule is CNCC(C)(CCOCC(C)C)C1CC1. The average molecular weight is 213 g/mol. The largest absolute Gasteiger partial charge is 0.381 e. The Balaban J connectivity index is 2.20. The number of ether oxygens (including phenoxy) is 1. The summed E-state index contributed by atoms with van der Waals surface area (Å²) in [5.74, 6) is 1.59. The fourth-order valence-electron chi connectivity index (χ4n) is 2.25. The van der Waals surface area contributed by atoms with Gasteiger partial charge in [0.1, 0.15) is 0 Å². The average Bonchev–Trinajstić information content (AvgIpc) is 2.96. The van der Waals surface area contributed by atoms with Crippen LogP contribution in [0.5, 0.6) is 0 Å². The van der Waals surface area contributed by atoms with Crippen LogP contribution in [0.3, 0.4) is 0 Å². The highest BCUT2D eigenvalue weighted by molar-refractivity contribution is 4.92. The Morgan fingerprint density at radius 3 is 2.53 bits per heavy atom. The third-order valence-electron chi connectivity index (χ3n) is 3.41. The molecule has 0 bridgehead atoms. The zero-order chi connectivity index (χ0) is 11.3. The highest BCUT2D eigenvalue weighted by Crippen LogP contribution is 2.47. The van der Waals surface area contributed by atoms with Crippen LogP contribution in [0.2, 0.25) is 0 Å². The van der Waals surface area contributed by atoms with E-state index in [2.05, 4.69) is 33.1 Å². The smallest absolute Gasteiger partial charge is 0.0488 e. The van der Waals surface area contributed by atoms with Crippen molar-refractivity contribution in [2.24, 2.45) is 17.3 Å². The molecule has 1 saturated carbocycles. The minimum atomic E-state index is 0.464. The Morgan fingerprint density at radius 2 is 2.07 bits per heavy atom. The molecule has 2 nitrogen and oxygen atoms in total. The first-order valence-corrected chi connectivity index (χ1v) is 6.31. The molecule has 1 fully saturated rings. The minimum absolute atomic E-state index is 0.464. The number of nitrogens with one attached hydrogen (secondary N) is 1. The van der Waals surface area contributed by atoms with E-state index in [1.165, 1.54) is 19.3 Å². The van der Waals surface area contributed by atoms with E-state index in [-0.39, 0.29) is 0 Å². The van der Waals surface area contributed by atoms with Gasteiger partial charge in [-0.2, -0.15) is 0 Å². The minimum Gasteiger partial charge on any atom is -0.381 e. The molecule has 1 aliphatic carbocycles. The second-order valence-electron chi connectivity index (χ2n) is 5.68. The molecule has 1 unspecified atom stereocenters. The lowest BCUT2D eigenvalue weighted by atomic mass is 9.81. The Labute approximate surface area is 94.8 Å². The van der Waals surface area contributed by atoms with Crippen molar-refractivity contribution in [3.63, 3.8) is 0 Å². The van der Waals surface area contributed by atoms with Gasteiger partial charge in [0.05, 0.1) is 0 Å². The quantitative estimate of drug-likeness (QED) is 0.626. The van der Waals surface area contributed by atoms with E-state index in [0.717, 1.165) is 25.7 Å². The maximum atomic E-state index is 5.69. The van der Waals surface area contributed by atoms with Gasteiger partial charge >= 0.3 is 0 Å². The van der Waals surface area contributed by atoms with Gasteiger partial charge in [-0.15, -0.1) is 0 Å². The Morgan fingerprint density at radius 1 is 1.40 bits per heavy atom. The molecule has 0 saturated heterocycles. The molecule has 0 spiro atoms. The van der Waals surface area contributed by atoms with Crippen molar-refractivity contribution in [3.8, 4) is 0 Å². The van der Waals surface area contributed by atoms with Crippen molar-refractivity contribution in [3.05, 3.63) is 0 Å². The molecule has 1 N–H and O–H groups in total. The van der Waals surface area contributed by atoms with Gasteiger partial charge in [-0.1, -0.05) is 20.8 Å². The third-order valence-corrected chi connectivity index (χ3v) is 3.41. The zero-order valence-electron chi connectivity index (χ0n) is 10.8. The first kappa shape index (κ1) is 13.0. The van der Waals surface area contributed by atoms with Crippen molar-refractivity contribution >= 4 is 0 Å². The molecule has 0 aromatic heterocycles. The van der Waals surface area contributed by atoms with E-state index >= 15 is 0 Å². The lowest BCUT2D eigenvalue weighted by molar-refractivity contribution is 0.0742. The Kier molecular flexibility index (Phi) is 5.07. The lowest BCUT2D eigenvalue weighted by Gasteiger charge is -2.29. The molecule has 90 valence electrons. The fraction of sp³-hybridized carbons (Fsp3) is 1.00. The topological polar surface area (TPSA) is 21.3 Å². The first-order chi connectivity index (χ1) is 7.08. The van der Waals surface area contributed by atoms with E-state index < -0.39 is 0 Å². The summed E-state index contributed by atoms with van der Waals surface area (Å²) < 4.78 is 5.69. The second kappa shape index (κ2) is 5.86. The molecule has 1 aliphatic rings. The summed E-state index contributed by atoms with van der Waals surface area (Å²) in [5.41, 5.74) is 0.464. The summed E-state index contributed by atoms with van der Waals surface area (Å²) in [4.78, 5) is 0. The summed E-state index contributed by atoms with van der Waals surface area (Å²) >= 11 is 0. The summed E-state index contributed by atoms with van der Waals surface area (Å²) in [7, 11) is 2.05. The van der Waals surface area contributed by atoms with E-state index in [4.69, 9.17) is 4.74 Å². The molecule has 1 atom stereocenters. The summed E-state index contributed by atoms with van der Waals surface area (Å²) in [6.07, 6.45) is 4.04. The van der Waals surface area contributed by atoms with Gasteiger partial charge in [0.15, 0.2) is 0 Å². The Bertz CT molecular complexity index is 177. The van der Waals surface area contributed by atoms with Crippen LogP contribution >= 0.6 is 0 Å². The molecule has 0 amide bonds. The zero-order valence-corrected chi connectivity index (χ0v) is 10.8. The van der Waals surface area contributed by atoms with Crippen LogP contribution < -0.4 is 5.32 Å². The molecule has 0 heterocycles. The third kappa shape index (κ3) is 4.52. The molecule has 0 aromatic carbocycles. The van der Waals surface area contributed by atoms with Crippen molar-refractivity contribution < 1.29 is 4.74 Å². The molecule has 0 radical (unpaired) electrons. The van der Waals surface area contributed by atoms with E-state index in [1.807, 2.05) is 0 Å². The second-order valence-corrected chi connectivity index (χ2v) is 5.68. The highest BCUT2D eigenvalue weighted by atomic mass is 16.5. The van der Waals surface area contributed by atoms with Gasteiger partial charge in [-0.05, 0) is 43.6 Å². The molecule has 0 aliphatic heterocycles. The summed E-state index contributed by atoms with van der Waals surface area (Å²) in [6.45, 7) is 9.76.